The number of hydrogen-bond donors (Lipinski definition) is 0. The van der Waals surface area contributed by atoms with Gasteiger partial charge >= 0.3 is 0 Å². The summed E-state index contributed by atoms with van der Waals surface area (Å²) in [5.41, 5.74) is 0.430. The van der Waals surface area contributed by atoms with E-state index in [1.165, 1.54) is 23.5 Å². The van der Waals surface area contributed by atoms with Crippen LogP contribution < -0.4 is 4.74 Å². The Morgan fingerprint density at radius 3 is 2.81 bits per heavy atom. The Hall–Kier alpha value is -3.11. The normalized spacial score (nSPS) is 15.8. The number of benzene rings is 1. The second-order valence-corrected chi connectivity index (χ2v) is 8.53. The van der Waals surface area contributed by atoms with Crippen molar-refractivity contribution in [1.82, 2.24) is 14.8 Å². The summed E-state index contributed by atoms with van der Waals surface area (Å²) in [6, 6.07) is 7.02. The van der Waals surface area contributed by atoms with E-state index in [0.29, 0.717) is 5.75 Å². The third-order valence-corrected chi connectivity index (χ3v) is 6.72. The molecule has 8 nitrogen and oxygen atoms in total. The van der Waals surface area contributed by atoms with Crippen LogP contribution in [-0.2, 0) is 0 Å². The van der Waals surface area contributed by atoms with Gasteiger partial charge in [0.25, 0.3) is 5.69 Å². The molecule has 0 bridgehead atoms. The van der Waals surface area contributed by atoms with Gasteiger partial charge in [-0.15, -0.1) is 11.3 Å². The number of nitrogens with zero attached hydrogens (tertiary/aromatic N) is 5. The molecule has 1 aliphatic rings. The number of likely N-dealkylation sites (N-methyl/N-ethyl adjacent to an activating group) is 1. The number of non-ortho nitro benzene ring substituents is 1. The number of nitro benzene ring substituents is 1. The van der Waals surface area contributed by atoms with E-state index in [9.17, 15) is 14.5 Å². The topological polar surface area (TPSA) is 84.1 Å². The zero-order valence-corrected chi connectivity index (χ0v) is 18.7. The summed E-state index contributed by atoms with van der Waals surface area (Å²) in [6.07, 6.45) is 3.52. The first-order valence-corrected chi connectivity index (χ1v) is 11.3. The molecule has 2 aromatic heterocycles. The summed E-state index contributed by atoms with van der Waals surface area (Å²) < 4.78 is 20.9. The van der Waals surface area contributed by atoms with Gasteiger partial charge in [0.1, 0.15) is 11.8 Å². The fourth-order valence-electron chi connectivity index (χ4n) is 3.60. The third-order valence-electron chi connectivity index (χ3n) is 5.48. The van der Waals surface area contributed by atoms with Crippen LogP contribution in [0.5, 0.6) is 11.5 Å². The Morgan fingerprint density at radius 1 is 1.28 bits per heavy atom. The van der Waals surface area contributed by atoms with Gasteiger partial charge in [-0.25, -0.2) is 4.39 Å². The van der Waals surface area contributed by atoms with Crippen molar-refractivity contribution in [2.75, 3.05) is 32.7 Å². The molecular formula is C22H24FN5O3S. The van der Waals surface area contributed by atoms with Gasteiger partial charge in [0, 0.05) is 42.8 Å². The average Bonchev–Trinajstić information content (AvgIpc) is 3.43. The maximum Gasteiger partial charge on any atom is 0.272 e. The molecule has 3 heterocycles. The standard InChI is InChI=1S/C22H24FN5O3S/c1-3-26(4-2)9-10-27-13-18(25-14-27)21-12-17-22(32-21)20(7-8-24-17)31-19-6-5-15(28(29)30)11-16(19)23/h5-8,11-12,14,18H,3-4,9-10,13H2,1-2H3. The van der Waals surface area contributed by atoms with Gasteiger partial charge in [-0.3, -0.25) is 20.1 Å². The molecule has 4 rings (SSSR count). The lowest BCUT2D eigenvalue weighted by Gasteiger charge is -2.22. The number of nitro groups is 1. The molecule has 0 spiro atoms. The Balaban J connectivity index is 1.50. The Labute approximate surface area is 189 Å². The summed E-state index contributed by atoms with van der Waals surface area (Å²) in [6.45, 7) is 9.13. The molecule has 32 heavy (non-hydrogen) atoms. The molecule has 3 aromatic rings. The Bertz CT molecular complexity index is 1150. The van der Waals surface area contributed by atoms with Crippen LogP contribution in [0.3, 0.4) is 0 Å². The zero-order valence-electron chi connectivity index (χ0n) is 17.9. The van der Waals surface area contributed by atoms with Crippen LogP contribution in [0.15, 0.2) is 41.5 Å². The molecule has 168 valence electrons. The predicted octanol–water partition coefficient (Wildman–Crippen LogP) is 4.86. The molecule has 1 atom stereocenters. The molecule has 1 aromatic carbocycles. The SMILES string of the molecule is CCN(CC)CCN1C=NC(c2cc3nccc(Oc4ccc([N+](=O)[O-])cc4F)c3s2)C1. The van der Waals surface area contributed by atoms with E-state index in [0.717, 1.165) is 53.9 Å². The van der Waals surface area contributed by atoms with Crippen molar-refractivity contribution in [3.05, 3.63) is 57.3 Å². The first-order chi connectivity index (χ1) is 15.5. The lowest BCUT2D eigenvalue weighted by molar-refractivity contribution is -0.385. The molecule has 0 N–H and O–H groups in total. The van der Waals surface area contributed by atoms with Crippen molar-refractivity contribution in [2.45, 2.75) is 19.9 Å². The predicted molar refractivity (Wildman–Crippen MR) is 123 cm³/mol. The van der Waals surface area contributed by atoms with Crippen molar-refractivity contribution in [3.8, 4) is 11.5 Å². The molecule has 0 aliphatic carbocycles. The number of pyridine rings is 1. The van der Waals surface area contributed by atoms with Crippen LogP contribution in [0.1, 0.15) is 24.8 Å². The van der Waals surface area contributed by atoms with Crippen molar-refractivity contribution in [3.63, 3.8) is 0 Å². The van der Waals surface area contributed by atoms with E-state index in [1.54, 1.807) is 12.3 Å². The van der Waals surface area contributed by atoms with Crippen LogP contribution in [0.2, 0.25) is 0 Å². The summed E-state index contributed by atoms with van der Waals surface area (Å²) in [7, 11) is 0. The molecular weight excluding hydrogens is 433 g/mol. The molecule has 0 fully saturated rings. The van der Waals surface area contributed by atoms with Crippen molar-refractivity contribution in [2.24, 2.45) is 4.99 Å². The van der Waals surface area contributed by atoms with Gasteiger partial charge in [-0.2, -0.15) is 0 Å². The highest BCUT2D eigenvalue weighted by Crippen LogP contribution is 2.39. The van der Waals surface area contributed by atoms with Crippen LogP contribution >= 0.6 is 11.3 Å². The first-order valence-electron chi connectivity index (χ1n) is 10.5. The third kappa shape index (κ3) is 4.71. The fraction of sp³-hybridized carbons (Fsp3) is 0.364. The number of thiophene rings is 1. The van der Waals surface area contributed by atoms with Crippen LogP contribution in [0, 0.1) is 15.9 Å². The van der Waals surface area contributed by atoms with E-state index in [2.05, 4.69) is 33.6 Å². The molecule has 0 amide bonds. The van der Waals surface area contributed by atoms with E-state index in [4.69, 9.17) is 4.74 Å². The second-order valence-electron chi connectivity index (χ2n) is 7.45. The number of rotatable bonds is 9. The first kappa shape index (κ1) is 22.1. The summed E-state index contributed by atoms with van der Waals surface area (Å²) in [5, 5.41) is 10.8. The molecule has 0 saturated heterocycles. The number of ether oxygens (including phenoxy) is 1. The molecule has 10 heteroatoms. The van der Waals surface area contributed by atoms with Crippen molar-refractivity contribution >= 4 is 33.6 Å². The van der Waals surface area contributed by atoms with Crippen LogP contribution in [0.25, 0.3) is 10.2 Å². The second kappa shape index (κ2) is 9.58. The van der Waals surface area contributed by atoms with Gasteiger partial charge in [0.2, 0.25) is 0 Å². The van der Waals surface area contributed by atoms with Gasteiger partial charge in [0.05, 0.1) is 27.5 Å². The number of aromatic nitrogens is 1. The minimum atomic E-state index is -0.787. The Kier molecular flexibility index (Phi) is 6.61. The van der Waals surface area contributed by atoms with Crippen molar-refractivity contribution in [1.29, 1.82) is 0 Å². The van der Waals surface area contributed by atoms with Gasteiger partial charge in [-0.1, -0.05) is 13.8 Å². The van der Waals surface area contributed by atoms with E-state index >= 15 is 0 Å². The van der Waals surface area contributed by atoms with E-state index in [-0.39, 0.29) is 17.5 Å². The summed E-state index contributed by atoms with van der Waals surface area (Å²) in [4.78, 5) is 24.9. The minimum absolute atomic E-state index is 0.0230. The average molecular weight is 458 g/mol. The fourth-order valence-corrected chi connectivity index (χ4v) is 4.70. The maximum absolute atomic E-state index is 14.3. The number of hydrogen-bond acceptors (Lipinski definition) is 8. The zero-order chi connectivity index (χ0) is 22.7. The number of aliphatic imine (C=N–C) groups is 1. The van der Waals surface area contributed by atoms with Crippen LogP contribution in [0.4, 0.5) is 10.1 Å². The van der Waals surface area contributed by atoms with Gasteiger partial charge in [-0.05, 0) is 25.2 Å². The number of halogens is 1. The molecule has 0 radical (unpaired) electrons. The van der Waals surface area contributed by atoms with Gasteiger partial charge in [0.15, 0.2) is 11.6 Å². The lowest BCUT2D eigenvalue weighted by atomic mass is 10.2. The largest absolute Gasteiger partial charge is 0.453 e. The van der Waals surface area contributed by atoms with E-state index in [1.807, 2.05) is 12.4 Å². The highest BCUT2D eigenvalue weighted by molar-refractivity contribution is 7.19. The van der Waals surface area contributed by atoms with Crippen LogP contribution in [-0.4, -0.2) is 58.8 Å². The summed E-state index contributed by atoms with van der Waals surface area (Å²) >= 11 is 1.52. The quantitative estimate of drug-likeness (QED) is 0.337. The molecule has 1 aliphatic heterocycles. The van der Waals surface area contributed by atoms with E-state index < -0.39 is 10.7 Å². The smallest absolute Gasteiger partial charge is 0.272 e. The Morgan fingerprint density at radius 2 is 2.09 bits per heavy atom. The highest BCUT2D eigenvalue weighted by atomic mass is 32.1. The molecule has 0 saturated carbocycles. The maximum atomic E-state index is 14.3. The lowest BCUT2D eigenvalue weighted by Crippen LogP contribution is -2.33. The minimum Gasteiger partial charge on any atom is -0.453 e. The molecule has 1 unspecified atom stereocenters. The highest BCUT2D eigenvalue weighted by Gasteiger charge is 2.23. The van der Waals surface area contributed by atoms with Crippen molar-refractivity contribution < 1.29 is 14.1 Å². The number of fused-ring (bicyclic) bond motifs is 1. The summed E-state index contributed by atoms with van der Waals surface area (Å²) in [5.74, 6) is -0.399. The van der Waals surface area contributed by atoms with Gasteiger partial charge < -0.3 is 14.5 Å². The monoisotopic (exact) mass is 457 g/mol.